The van der Waals surface area contributed by atoms with Crippen LogP contribution in [0.5, 0.6) is 0 Å². The maximum atomic E-state index is 13.5. The molecule has 8 nitrogen and oxygen atoms in total. The average Bonchev–Trinajstić information content (AvgIpc) is 2.97. The van der Waals surface area contributed by atoms with Gasteiger partial charge in [0.1, 0.15) is 24.2 Å². The molecule has 0 radical (unpaired) electrons. The number of hydrogen-bond acceptors (Lipinski definition) is 6. The van der Waals surface area contributed by atoms with Crippen LogP contribution >= 0.6 is 0 Å². The second-order valence-corrected chi connectivity index (χ2v) is 7.70. The van der Waals surface area contributed by atoms with Gasteiger partial charge >= 0.3 is 5.97 Å². The highest BCUT2D eigenvalue weighted by Crippen LogP contribution is 2.53. The number of aliphatic hydroxyl groups excluding tert-OH is 1. The van der Waals surface area contributed by atoms with Gasteiger partial charge in [-0.1, -0.05) is 31.6 Å². The Bertz CT molecular complexity index is 734. The molecule has 2 saturated heterocycles. The van der Waals surface area contributed by atoms with E-state index >= 15 is 0 Å². The van der Waals surface area contributed by atoms with Crippen molar-refractivity contribution in [2.75, 3.05) is 32.8 Å². The number of carbonyl (C=O) groups is 3. The molecule has 4 rings (SSSR count). The van der Waals surface area contributed by atoms with Crippen molar-refractivity contribution < 1.29 is 29.0 Å². The van der Waals surface area contributed by atoms with Crippen molar-refractivity contribution in [3.8, 4) is 0 Å². The second kappa shape index (κ2) is 7.33. The minimum absolute atomic E-state index is 0.0224. The predicted molar refractivity (Wildman–Crippen MR) is 97.9 cm³/mol. The number of β-amino-alcohol motifs (C(OH)–C–C–N with tert-alkyl or cyclic N) is 1. The van der Waals surface area contributed by atoms with Crippen LogP contribution in [-0.2, 0) is 23.9 Å². The van der Waals surface area contributed by atoms with Crippen LogP contribution in [0.15, 0.2) is 24.3 Å². The molecule has 0 aromatic carbocycles. The molecule has 0 saturated carbocycles. The van der Waals surface area contributed by atoms with E-state index in [1.165, 1.54) is 4.90 Å². The first kappa shape index (κ1) is 19.1. The van der Waals surface area contributed by atoms with E-state index in [-0.39, 0.29) is 31.6 Å². The number of hydrogen-bond donors (Lipinski definition) is 1. The molecule has 1 unspecified atom stereocenters. The molecular formula is C20H26N2O6. The number of unbranched alkanes of at least 4 members (excludes halogenated alkanes) is 1. The van der Waals surface area contributed by atoms with Crippen molar-refractivity contribution in [1.82, 2.24) is 9.80 Å². The molecule has 0 bridgehead atoms. The predicted octanol–water partition coefficient (Wildman–Crippen LogP) is -0.129. The van der Waals surface area contributed by atoms with Crippen LogP contribution in [0.3, 0.4) is 0 Å². The Hall–Kier alpha value is -2.19. The zero-order valence-corrected chi connectivity index (χ0v) is 16.0. The van der Waals surface area contributed by atoms with Crippen LogP contribution in [-0.4, -0.2) is 83.3 Å². The third kappa shape index (κ3) is 2.69. The van der Waals surface area contributed by atoms with Gasteiger partial charge in [-0.3, -0.25) is 14.4 Å². The summed E-state index contributed by atoms with van der Waals surface area (Å²) < 4.78 is 11.5. The lowest BCUT2D eigenvalue weighted by Gasteiger charge is -2.35. The molecule has 4 aliphatic heterocycles. The smallest absolute Gasteiger partial charge is 0.313 e. The first-order valence-corrected chi connectivity index (χ1v) is 9.94. The fraction of sp³-hybridized carbons (Fsp3) is 0.650. The minimum atomic E-state index is -1.22. The Balaban J connectivity index is 1.78. The fourth-order valence-electron chi connectivity index (χ4n) is 4.91. The van der Waals surface area contributed by atoms with Crippen molar-refractivity contribution >= 4 is 17.8 Å². The molecule has 2 amide bonds. The van der Waals surface area contributed by atoms with Crippen molar-refractivity contribution in [3.63, 3.8) is 0 Å². The normalized spacial score (nSPS) is 36.7. The Kier molecular flexibility index (Phi) is 5.01. The summed E-state index contributed by atoms with van der Waals surface area (Å²) in [5.74, 6) is -2.65. The molecule has 0 aromatic rings. The van der Waals surface area contributed by atoms with Gasteiger partial charge in [0.05, 0.1) is 18.6 Å². The van der Waals surface area contributed by atoms with E-state index in [1.807, 2.05) is 6.08 Å². The molecule has 1 N–H and O–H groups in total. The molecule has 8 heteroatoms. The van der Waals surface area contributed by atoms with Gasteiger partial charge in [0.25, 0.3) is 0 Å². The number of carbonyl (C=O) groups excluding carboxylic acids is 3. The highest BCUT2D eigenvalue weighted by molar-refractivity contribution is 5.99. The summed E-state index contributed by atoms with van der Waals surface area (Å²) in [6.07, 6.45) is 8.30. The number of aliphatic hydroxyl groups is 1. The van der Waals surface area contributed by atoms with Crippen molar-refractivity contribution in [2.24, 2.45) is 11.8 Å². The maximum Gasteiger partial charge on any atom is 0.313 e. The first-order chi connectivity index (χ1) is 13.5. The van der Waals surface area contributed by atoms with Crippen LogP contribution in [0.2, 0.25) is 0 Å². The minimum Gasteiger partial charge on any atom is -0.461 e. The zero-order chi connectivity index (χ0) is 19.9. The highest BCUT2D eigenvalue weighted by atomic mass is 16.6. The third-order valence-electron chi connectivity index (χ3n) is 6.12. The number of likely N-dealkylation sites (tertiary alicyclic amines) is 1. The number of cyclic esters (lactones) is 1. The number of rotatable bonds is 5. The molecule has 28 heavy (non-hydrogen) atoms. The summed E-state index contributed by atoms with van der Waals surface area (Å²) in [5.41, 5.74) is -1.22. The fourth-order valence-corrected chi connectivity index (χ4v) is 4.91. The van der Waals surface area contributed by atoms with E-state index in [9.17, 15) is 19.5 Å². The summed E-state index contributed by atoms with van der Waals surface area (Å²) in [4.78, 5) is 42.5. The number of amides is 2. The lowest BCUT2D eigenvalue weighted by Crippen LogP contribution is -2.55. The van der Waals surface area contributed by atoms with Crippen molar-refractivity contribution in [2.45, 2.75) is 37.5 Å². The molecule has 2 fully saturated rings. The van der Waals surface area contributed by atoms with Crippen LogP contribution in [0.1, 0.15) is 19.8 Å². The van der Waals surface area contributed by atoms with Gasteiger partial charge in [-0.25, -0.2) is 0 Å². The van der Waals surface area contributed by atoms with Gasteiger partial charge in [-0.15, -0.1) is 0 Å². The Labute approximate surface area is 163 Å². The number of esters is 1. The monoisotopic (exact) mass is 390 g/mol. The van der Waals surface area contributed by atoms with Crippen LogP contribution in [0, 0.1) is 11.8 Å². The lowest BCUT2D eigenvalue weighted by molar-refractivity contribution is -0.153. The molecule has 152 valence electrons. The van der Waals surface area contributed by atoms with E-state index in [2.05, 4.69) is 6.92 Å². The number of nitrogens with zero attached hydrogens (tertiary/aromatic N) is 2. The standard InChI is InChI=1S/C20H26N2O6/c1-2-3-8-21-9-5-7-20-15(14-13(28-20)6-4-12-27-19(14)26)17(24)22(10-11-23)16(20)18(21)25/h4-7,13-16,23H,2-3,8-12H2,1H3/t13-,14+,15-,16?,20-/m0/s1. The van der Waals surface area contributed by atoms with E-state index in [1.54, 1.807) is 23.1 Å². The van der Waals surface area contributed by atoms with Crippen molar-refractivity contribution in [1.29, 1.82) is 0 Å². The number of ether oxygens (including phenoxy) is 2. The Morgan fingerprint density at radius 3 is 2.79 bits per heavy atom. The van der Waals surface area contributed by atoms with Crippen LogP contribution in [0.25, 0.3) is 0 Å². The van der Waals surface area contributed by atoms with Crippen LogP contribution < -0.4 is 0 Å². The average molecular weight is 390 g/mol. The van der Waals surface area contributed by atoms with Gasteiger partial charge in [0.15, 0.2) is 0 Å². The maximum absolute atomic E-state index is 13.5. The molecule has 0 aliphatic carbocycles. The summed E-state index contributed by atoms with van der Waals surface area (Å²) >= 11 is 0. The van der Waals surface area contributed by atoms with Gasteiger partial charge < -0.3 is 24.4 Å². The number of fused-ring (bicyclic) bond motifs is 2. The van der Waals surface area contributed by atoms with Gasteiger partial charge in [-0.2, -0.15) is 0 Å². The lowest BCUT2D eigenvalue weighted by atomic mass is 9.78. The molecule has 1 spiro atoms. The van der Waals surface area contributed by atoms with E-state index in [0.717, 1.165) is 12.8 Å². The quantitative estimate of drug-likeness (QED) is 0.519. The topological polar surface area (TPSA) is 96.4 Å². The van der Waals surface area contributed by atoms with Crippen LogP contribution in [0.4, 0.5) is 0 Å². The zero-order valence-electron chi connectivity index (χ0n) is 16.0. The van der Waals surface area contributed by atoms with Gasteiger partial charge in [-0.05, 0) is 12.5 Å². The first-order valence-electron chi connectivity index (χ1n) is 9.94. The largest absolute Gasteiger partial charge is 0.461 e. The molecule has 4 heterocycles. The van der Waals surface area contributed by atoms with E-state index in [0.29, 0.717) is 13.1 Å². The summed E-state index contributed by atoms with van der Waals surface area (Å²) in [6.45, 7) is 2.98. The molecule has 0 aromatic heterocycles. The second-order valence-electron chi connectivity index (χ2n) is 7.70. The van der Waals surface area contributed by atoms with Gasteiger partial charge in [0.2, 0.25) is 11.8 Å². The molecule has 5 atom stereocenters. The molecule has 4 aliphatic rings. The third-order valence-corrected chi connectivity index (χ3v) is 6.12. The Morgan fingerprint density at radius 2 is 2.04 bits per heavy atom. The summed E-state index contributed by atoms with van der Waals surface area (Å²) in [5, 5.41) is 9.51. The van der Waals surface area contributed by atoms with E-state index in [4.69, 9.17) is 9.47 Å². The molecular weight excluding hydrogens is 364 g/mol. The summed E-state index contributed by atoms with van der Waals surface area (Å²) in [6, 6.07) is -0.888. The summed E-state index contributed by atoms with van der Waals surface area (Å²) in [7, 11) is 0. The SMILES string of the molecule is CCCCN1CC=C[C@]23O[C@H]4C=CCOC(=O)[C@H]4[C@H]2C(=O)N(CCO)C3C1=O. The van der Waals surface area contributed by atoms with Gasteiger partial charge in [0, 0.05) is 19.6 Å². The Morgan fingerprint density at radius 1 is 1.21 bits per heavy atom. The highest BCUT2D eigenvalue weighted by Gasteiger charge is 2.71. The van der Waals surface area contributed by atoms with Crippen molar-refractivity contribution in [3.05, 3.63) is 24.3 Å². The van der Waals surface area contributed by atoms with E-state index < -0.39 is 35.6 Å².